The Labute approximate surface area is 245 Å². The molecule has 1 aliphatic rings. The van der Waals surface area contributed by atoms with E-state index in [0.717, 1.165) is 29.8 Å². The molecule has 210 valence electrons. The predicted molar refractivity (Wildman–Crippen MR) is 151 cm³/mol. The second-order valence-corrected chi connectivity index (χ2v) is 8.07. The standard InChI is InChI=1S/C24H26N5O3.C3H7.CHO.CH3.Os/c1-29(11-13-31-14-12-30)19-9-7-18(8-10-19)20-15-22(32-28-20)23-24(25)26-16-21(27-23)17-5-3-2-4-6-17;1-3-2;1-2;;/h3-9,15-16,19,30H,10-14H2,1H3,(H2,25,26);3H,1-2H3;1H;1H3;/q4*-1;+4. The van der Waals surface area contributed by atoms with Gasteiger partial charge in [0.05, 0.1) is 31.7 Å². The fourth-order valence-electron chi connectivity index (χ4n) is 3.47. The van der Waals surface area contributed by atoms with Gasteiger partial charge in [-0.1, -0.05) is 23.4 Å². The molecule has 1 unspecified atom stereocenters. The van der Waals surface area contributed by atoms with E-state index in [0.29, 0.717) is 30.4 Å². The summed E-state index contributed by atoms with van der Waals surface area (Å²) >= 11 is 0. The molecule has 0 spiro atoms. The van der Waals surface area contributed by atoms with Crippen LogP contribution >= 0.6 is 0 Å². The minimum atomic E-state index is 0. The molecule has 2 aromatic heterocycles. The Kier molecular flexibility index (Phi) is 18.4. The van der Waals surface area contributed by atoms with Gasteiger partial charge in [-0.3, -0.25) is 11.7 Å². The Balaban J connectivity index is 0.00000193. The summed E-state index contributed by atoms with van der Waals surface area (Å²) in [6.45, 7) is 9.05. The molecule has 4 rings (SSSR count). The van der Waals surface area contributed by atoms with Gasteiger partial charge in [-0.25, -0.2) is 9.97 Å². The van der Waals surface area contributed by atoms with Crippen LogP contribution in [0.3, 0.4) is 0 Å². The summed E-state index contributed by atoms with van der Waals surface area (Å²) in [6.07, 6.45) is 10.8. The zero-order valence-electron chi connectivity index (χ0n) is 22.9. The van der Waals surface area contributed by atoms with Gasteiger partial charge in [0.15, 0.2) is 17.3 Å². The number of anilines is 1. The van der Waals surface area contributed by atoms with Gasteiger partial charge in [-0.15, -0.1) is 5.56 Å². The Hall–Kier alpha value is -3.02. The van der Waals surface area contributed by atoms with E-state index in [4.69, 9.17) is 24.9 Å². The van der Waals surface area contributed by atoms with Crippen LogP contribution < -0.4 is 5.73 Å². The van der Waals surface area contributed by atoms with Crippen LogP contribution in [0.1, 0.15) is 26.0 Å². The first-order valence-corrected chi connectivity index (χ1v) is 11.9. The summed E-state index contributed by atoms with van der Waals surface area (Å²) < 4.78 is 10.9. The van der Waals surface area contributed by atoms with E-state index in [1.54, 1.807) is 6.20 Å². The second kappa shape index (κ2) is 20.0. The fourth-order valence-corrected chi connectivity index (χ4v) is 3.47. The van der Waals surface area contributed by atoms with E-state index in [9.17, 15) is 0 Å². The average molecular weight is 710 g/mol. The van der Waals surface area contributed by atoms with Gasteiger partial charge in [-0.05, 0) is 19.0 Å². The van der Waals surface area contributed by atoms with Gasteiger partial charge < -0.3 is 38.7 Å². The Bertz CT molecular complexity index is 1140. The van der Waals surface area contributed by atoms with Crippen LogP contribution in [0.15, 0.2) is 59.3 Å². The summed E-state index contributed by atoms with van der Waals surface area (Å²) in [6, 6.07) is 12.6. The molecule has 0 amide bonds. The third-order valence-electron chi connectivity index (χ3n) is 5.32. The van der Waals surface area contributed by atoms with Crippen molar-refractivity contribution in [1.29, 1.82) is 0 Å². The van der Waals surface area contributed by atoms with Crippen LogP contribution in [0.2, 0.25) is 0 Å². The number of hydrogen-bond donors (Lipinski definition) is 2. The topological polar surface area (TPSA) is 128 Å². The molecule has 2 heterocycles. The summed E-state index contributed by atoms with van der Waals surface area (Å²) in [5.74, 6) is 0.765. The molecular weight excluding hydrogens is 673 g/mol. The maximum Gasteiger partial charge on any atom is 4.00 e. The first-order chi connectivity index (χ1) is 18.1. The second-order valence-electron chi connectivity index (χ2n) is 8.07. The third kappa shape index (κ3) is 10.9. The molecule has 1 atom stereocenters. The van der Waals surface area contributed by atoms with Gasteiger partial charge in [0, 0.05) is 18.7 Å². The number of carbonyl (C=O) groups excluding carboxylic acids is 1. The van der Waals surface area contributed by atoms with Crippen molar-refractivity contribution in [3.8, 4) is 22.7 Å². The molecule has 0 saturated carbocycles. The summed E-state index contributed by atoms with van der Waals surface area (Å²) in [5, 5.41) is 13.0. The molecule has 0 radical (unpaired) electrons. The molecule has 0 fully saturated rings. The number of likely N-dealkylation sites (N-methyl/N-ethyl adjacent to an activating group) is 1. The van der Waals surface area contributed by atoms with E-state index in [1.165, 1.54) is 0 Å². The van der Waals surface area contributed by atoms with E-state index in [-0.39, 0.29) is 45.7 Å². The van der Waals surface area contributed by atoms with Crippen LogP contribution in [0, 0.1) is 19.9 Å². The molecule has 3 N–H and O–H groups in total. The van der Waals surface area contributed by atoms with Crippen molar-refractivity contribution in [3.63, 3.8) is 0 Å². The van der Waals surface area contributed by atoms with Crippen LogP contribution in [0.25, 0.3) is 28.3 Å². The van der Waals surface area contributed by atoms with E-state index >= 15 is 0 Å². The Morgan fingerprint density at radius 2 is 1.95 bits per heavy atom. The number of ether oxygens (including phenoxy) is 1. The molecule has 1 aliphatic carbocycles. The molecule has 0 saturated heterocycles. The van der Waals surface area contributed by atoms with Crippen LogP contribution in [0.5, 0.6) is 0 Å². The van der Waals surface area contributed by atoms with Crippen molar-refractivity contribution < 1.29 is 39.0 Å². The zero-order valence-corrected chi connectivity index (χ0v) is 25.4. The fraction of sp³-hybridized carbons (Fsp3) is 0.310. The number of nitrogens with zero attached hydrogens (tertiary/aromatic N) is 4. The molecule has 0 bridgehead atoms. The maximum absolute atomic E-state index is 8.79. The number of nitrogens with two attached hydrogens (primary N) is 1. The summed E-state index contributed by atoms with van der Waals surface area (Å²) in [7, 11) is 2.06. The van der Waals surface area contributed by atoms with Gasteiger partial charge in [0.1, 0.15) is 5.69 Å². The number of benzene rings is 1. The SMILES string of the molecule is CN(CCOCCO)C1C=CC(c2cc(-c3nc(-c4cc[c-]cc4)cnc3N)on2)=CC1.C[CH-]C.[CH-]=O.[CH3-].[Os+4]. The van der Waals surface area contributed by atoms with E-state index in [1.807, 2.05) is 56.7 Å². The van der Waals surface area contributed by atoms with Crippen molar-refractivity contribution in [2.45, 2.75) is 26.3 Å². The summed E-state index contributed by atoms with van der Waals surface area (Å²) in [4.78, 5) is 18.9. The Morgan fingerprint density at radius 1 is 1.26 bits per heavy atom. The van der Waals surface area contributed by atoms with Gasteiger partial charge in [-0.2, -0.15) is 44.2 Å². The monoisotopic (exact) mass is 711 g/mol. The van der Waals surface area contributed by atoms with E-state index in [2.05, 4.69) is 52.1 Å². The number of allylic oxidation sites excluding steroid dienone is 2. The molecule has 10 heteroatoms. The first-order valence-electron chi connectivity index (χ1n) is 11.9. The normalized spacial score (nSPS) is 13.6. The Morgan fingerprint density at radius 3 is 2.56 bits per heavy atom. The van der Waals surface area contributed by atoms with Crippen LogP contribution in [-0.4, -0.2) is 71.4 Å². The minimum Gasteiger partial charge on any atom is -0.545 e. The van der Waals surface area contributed by atoms with Crippen molar-refractivity contribution >= 4 is 18.2 Å². The minimum absolute atomic E-state index is 0. The third-order valence-corrected chi connectivity index (χ3v) is 5.32. The van der Waals surface area contributed by atoms with Gasteiger partial charge >= 0.3 is 19.8 Å². The summed E-state index contributed by atoms with van der Waals surface area (Å²) in [5.41, 5.74) is 9.88. The quantitative estimate of drug-likeness (QED) is 0.191. The van der Waals surface area contributed by atoms with Crippen LogP contribution in [0.4, 0.5) is 5.82 Å². The van der Waals surface area contributed by atoms with Crippen molar-refractivity contribution in [2.24, 2.45) is 0 Å². The number of aromatic nitrogens is 3. The van der Waals surface area contributed by atoms with Gasteiger partial charge in [0.2, 0.25) is 0 Å². The molecule has 1 aromatic carbocycles. The first kappa shape index (κ1) is 36.0. The number of aliphatic hydroxyl groups excluding tert-OH is 1. The average Bonchev–Trinajstić information content (AvgIpc) is 3.44. The molecule has 9 nitrogen and oxygen atoms in total. The zero-order chi connectivity index (χ0) is 27.0. The molecule has 3 aromatic rings. The van der Waals surface area contributed by atoms with Crippen molar-refractivity contribution in [2.75, 3.05) is 39.1 Å². The number of rotatable bonds is 9. The largest absolute Gasteiger partial charge is 4.00 e. The van der Waals surface area contributed by atoms with Gasteiger partial charge in [0.25, 0.3) is 0 Å². The smallest absolute Gasteiger partial charge is 0.545 e. The van der Waals surface area contributed by atoms with Crippen LogP contribution in [-0.2, 0) is 29.3 Å². The number of hydrogen-bond acceptors (Lipinski definition) is 9. The molecule has 39 heavy (non-hydrogen) atoms. The molecule has 0 aliphatic heterocycles. The van der Waals surface area contributed by atoms with E-state index < -0.39 is 0 Å². The number of aliphatic hydroxyl groups is 1. The predicted octanol–water partition coefficient (Wildman–Crippen LogP) is 4.24. The number of nitrogen functional groups attached to an aromatic ring is 1. The van der Waals surface area contributed by atoms with Crippen molar-refractivity contribution in [3.05, 3.63) is 80.4 Å². The van der Waals surface area contributed by atoms with Crippen molar-refractivity contribution in [1.82, 2.24) is 20.0 Å². The maximum atomic E-state index is 8.79. The molecular formula is C29H37N5O4Os.